The third-order valence-electron chi connectivity index (χ3n) is 2.86. The maximum atomic E-state index is 13.0. The third kappa shape index (κ3) is 1.81. The highest BCUT2D eigenvalue weighted by atomic mass is 19.1. The molecule has 0 heterocycles. The Morgan fingerprint density at radius 2 is 2.21 bits per heavy atom. The van der Waals surface area contributed by atoms with Crippen molar-refractivity contribution in [2.75, 3.05) is 17.6 Å². The lowest BCUT2D eigenvalue weighted by Crippen LogP contribution is -2.21. The van der Waals surface area contributed by atoms with E-state index < -0.39 is 0 Å². The molecule has 0 aromatic heterocycles. The van der Waals surface area contributed by atoms with E-state index in [1.807, 2.05) is 6.07 Å². The highest BCUT2D eigenvalue weighted by molar-refractivity contribution is 5.66. The molecule has 3 N–H and O–H groups in total. The van der Waals surface area contributed by atoms with Crippen LogP contribution in [-0.4, -0.2) is 6.54 Å². The number of benzene rings is 1. The molecule has 76 valence electrons. The number of anilines is 2. The highest BCUT2D eigenvalue weighted by Crippen LogP contribution is 2.28. The fourth-order valence-corrected chi connectivity index (χ4v) is 1.64. The largest absolute Gasteiger partial charge is 0.395 e. The minimum atomic E-state index is -0.344. The molecule has 14 heavy (non-hydrogen) atoms. The molecule has 2 rings (SSSR count). The van der Waals surface area contributed by atoms with Crippen LogP contribution in [-0.2, 0) is 0 Å². The quantitative estimate of drug-likeness (QED) is 0.726. The van der Waals surface area contributed by atoms with Crippen molar-refractivity contribution in [2.45, 2.75) is 19.3 Å². The van der Waals surface area contributed by atoms with Gasteiger partial charge in [-0.1, -0.05) is 12.5 Å². The second-order valence-electron chi connectivity index (χ2n) is 3.88. The van der Waals surface area contributed by atoms with Gasteiger partial charge in [-0.2, -0.15) is 0 Å². The van der Waals surface area contributed by atoms with Crippen molar-refractivity contribution in [3.05, 3.63) is 24.0 Å². The van der Waals surface area contributed by atoms with Crippen molar-refractivity contribution < 1.29 is 4.39 Å². The van der Waals surface area contributed by atoms with E-state index >= 15 is 0 Å². The van der Waals surface area contributed by atoms with Gasteiger partial charge in [-0.15, -0.1) is 0 Å². The average molecular weight is 194 g/mol. The van der Waals surface area contributed by atoms with Gasteiger partial charge in [0.05, 0.1) is 11.4 Å². The van der Waals surface area contributed by atoms with Gasteiger partial charge in [-0.25, -0.2) is 4.39 Å². The smallest absolute Gasteiger partial charge is 0.148 e. The second kappa shape index (κ2) is 3.86. The fraction of sp³-hybridized carbons (Fsp3) is 0.455. The molecular weight excluding hydrogens is 179 g/mol. The minimum Gasteiger partial charge on any atom is -0.395 e. The summed E-state index contributed by atoms with van der Waals surface area (Å²) >= 11 is 0. The molecule has 0 saturated heterocycles. The van der Waals surface area contributed by atoms with E-state index in [-0.39, 0.29) is 11.5 Å². The predicted molar refractivity (Wildman–Crippen MR) is 56.6 cm³/mol. The lowest BCUT2D eigenvalue weighted by molar-refractivity contribution is 0.333. The molecule has 0 atom stereocenters. The standard InChI is InChI=1S/C11H15FN2/c12-9-5-2-6-10(11(9)13)14-7-8-3-1-4-8/h2,5-6,8,14H,1,3-4,7,13H2. The van der Waals surface area contributed by atoms with Gasteiger partial charge < -0.3 is 11.1 Å². The van der Waals surface area contributed by atoms with Gasteiger partial charge in [0, 0.05) is 6.54 Å². The zero-order valence-electron chi connectivity index (χ0n) is 8.09. The molecule has 0 aliphatic heterocycles. The van der Waals surface area contributed by atoms with E-state index in [1.165, 1.54) is 25.3 Å². The molecule has 0 bridgehead atoms. The molecule has 1 saturated carbocycles. The van der Waals surface area contributed by atoms with Crippen LogP contribution in [0.1, 0.15) is 19.3 Å². The molecule has 0 spiro atoms. The molecule has 2 nitrogen and oxygen atoms in total. The molecule has 1 aromatic rings. The van der Waals surface area contributed by atoms with E-state index in [1.54, 1.807) is 6.07 Å². The number of para-hydroxylation sites is 1. The van der Waals surface area contributed by atoms with E-state index in [2.05, 4.69) is 5.32 Å². The number of hydrogen-bond acceptors (Lipinski definition) is 2. The van der Waals surface area contributed by atoms with E-state index in [0.717, 1.165) is 18.2 Å². The summed E-state index contributed by atoms with van der Waals surface area (Å²) in [5.74, 6) is 0.404. The van der Waals surface area contributed by atoms with Crippen LogP contribution >= 0.6 is 0 Å². The van der Waals surface area contributed by atoms with Gasteiger partial charge in [0.25, 0.3) is 0 Å². The van der Waals surface area contributed by atoms with Crippen molar-refractivity contribution in [3.63, 3.8) is 0 Å². The van der Waals surface area contributed by atoms with Crippen LogP contribution in [0, 0.1) is 11.7 Å². The van der Waals surface area contributed by atoms with Gasteiger partial charge in [-0.05, 0) is 30.9 Å². The Balaban J connectivity index is 1.97. The zero-order chi connectivity index (χ0) is 9.97. The normalized spacial score (nSPS) is 16.4. The van der Waals surface area contributed by atoms with Crippen molar-refractivity contribution in [3.8, 4) is 0 Å². The summed E-state index contributed by atoms with van der Waals surface area (Å²) in [6, 6.07) is 4.87. The summed E-state index contributed by atoms with van der Waals surface area (Å²) < 4.78 is 13.0. The molecular formula is C11H15FN2. The van der Waals surface area contributed by atoms with Crippen LogP contribution in [0.15, 0.2) is 18.2 Å². The first-order valence-corrected chi connectivity index (χ1v) is 5.05. The Morgan fingerprint density at radius 3 is 2.86 bits per heavy atom. The highest BCUT2D eigenvalue weighted by Gasteiger charge is 2.17. The third-order valence-corrected chi connectivity index (χ3v) is 2.86. The maximum Gasteiger partial charge on any atom is 0.148 e. The van der Waals surface area contributed by atoms with Crippen LogP contribution in [0.2, 0.25) is 0 Å². The topological polar surface area (TPSA) is 38.0 Å². The summed E-state index contributed by atoms with van der Waals surface area (Å²) in [4.78, 5) is 0. The SMILES string of the molecule is Nc1c(F)cccc1NCC1CCC1. The monoisotopic (exact) mass is 194 g/mol. The number of halogens is 1. The Bertz CT molecular complexity index is 321. The van der Waals surface area contributed by atoms with Crippen molar-refractivity contribution in [1.29, 1.82) is 0 Å². The van der Waals surface area contributed by atoms with Crippen molar-refractivity contribution in [1.82, 2.24) is 0 Å². The van der Waals surface area contributed by atoms with E-state index in [4.69, 9.17) is 5.73 Å². The number of rotatable bonds is 3. The maximum absolute atomic E-state index is 13.0. The summed E-state index contributed by atoms with van der Waals surface area (Å²) in [5, 5.41) is 3.19. The van der Waals surface area contributed by atoms with Gasteiger partial charge in [0.15, 0.2) is 0 Å². The lowest BCUT2D eigenvalue weighted by atomic mass is 9.85. The van der Waals surface area contributed by atoms with Gasteiger partial charge in [0.1, 0.15) is 5.82 Å². The summed E-state index contributed by atoms with van der Waals surface area (Å²) in [6.07, 6.45) is 3.88. The number of nitrogens with two attached hydrogens (primary N) is 1. The van der Waals surface area contributed by atoms with Gasteiger partial charge >= 0.3 is 0 Å². The Morgan fingerprint density at radius 1 is 1.43 bits per heavy atom. The Hall–Kier alpha value is -1.25. The van der Waals surface area contributed by atoms with Crippen molar-refractivity contribution >= 4 is 11.4 Å². The summed E-state index contributed by atoms with van der Waals surface area (Å²) in [6.45, 7) is 0.910. The molecule has 1 fully saturated rings. The van der Waals surface area contributed by atoms with Crippen LogP contribution < -0.4 is 11.1 Å². The van der Waals surface area contributed by atoms with E-state index in [9.17, 15) is 4.39 Å². The molecule has 0 amide bonds. The molecule has 0 unspecified atom stereocenters. The van der Waals surface area contributed by atoms with Gasteiger partial charge in [0.2, 0.25) is 0 Å². The fourth-order valence-electron chi connectivity index (χ4n) is 1.64. The Labute approximate surface area is 83.3 Å². The van der Waals surface area contributed by atoms with E-state index in [0.29, 0.717) is 0 Å². The van der Waals surface area contributed by atoms with Crippen LogP contribution in [0.5, 0.6) is 0 Å². The summed E-state index contributed by atoms with van der Waals surface area (Å²) in [7, 11) is 0. The molecule has 1 aromatic carbocycles. The first-order chi connectivity index (χ1) is 6.77. The summed E-state index contributed by atoms with van der Waals surface area (Å²) in [5.41, 5.74) is 6.54. The van der Waals surface area contributed by atoms with Gasteiger partial charge in [-0.3, -0.25) is 0 Å². The zero-order valence-corrected chi connectivity index (χ0v) is 8.09. The number of nitrogen functional groups attached to an aromatic ring is 1. The lowest BCUT2D eigenvalue weighted by Gasteiger charge is -2.26. The first kappa shape index (κ1) is 9.31. The van der Waals surface area contributed by atoms with Crippen LogP contribution in [0.25, 0.3) is 0 Å². The molecule has 1 aliphatic rings. The van der Waals surface area contributed by atoms with Crippen LogP contribution in [0.4, 0.5) is 15.8 Å². The number of hydrogen-bond donors (Lipinski definition) is 2. The predicted octanol–water partition coefficient (Wildman–Crippen LogP) is 2.62. The molecule has 1 aliphatic carbocycles. The first-order valence-electron chi connectivity index (χ1n) is 5.05. The average Bonchev–Trinajstić information content (AvgIpc) is 2.09. The Kier molecular flexibility index (Phi) is 2.57. The number of nitrogens with one attached hydrogen (secondary N) is 1. The van der Waals surface area contributed by atoms with Crippen LogP contribution in [0.3, 0.4) is 0 Å². The minimum absolute atomic E-state index is 0.229. The molecule has 0 radical (unpaired) electrons. The van der Waals surface area contributed by atoms with Crippen molar-refractivity contribution in [2.24, 2.45) is 5.92 Å². The second-order valence-corrected chi connectivity index (χ2v) is 3.88. The molecule has 3 heteroatoms.